The molecule has 1 amide bonds. The highest BCUT2D eigenvalue weighted by Crippen LogP contribution is 2.31. The first-order valence-electron chi connectivity index (χ1n) is 4.94. The summed E-state index contributed by atoms with van der Waals surface area (Å²) in [5.41, 5.74) is 0.326. The van der Waals surface area contributed by atoms with Crippen molar-refractivity contribution in [3.63, 3.8) is 0 Å². The fourth-order valence-electron chi connectivity index (χ4n) is 1.82. The molecule has 1 aromatic carbocycles. The minimum absolute atomic E-state index is 0.0670. The van der Waals surface area contributed by atoms with Gasteiger partial charge < -0.3 is 4.90 Å². The van der Waals surface area contributed by atoms with Gasteiger partial charge in [0, 0.05) is 18.8 Å². The molecule has 2 nitrogen and oxygen atoms in total. The number of anilines is 1. The molecule has 1 fully saturated rings. The molecule has 1 atom stereocenters. The molecule has 1 saturated heterocycles. The van der Waals surface area contributed by atoms with Crippen molar-refractivity contribution in [2.24, 2.45) is 5.92 Å². The predicted molar refractivity (Wildman–Crippen MR) is 65.3 cm³/mol. The van der Waals surface area contributed by atoms with Gasteiger partial charge in [0.15, 0.2) is 5.82 Å². The maximum Gasteiger partial charge on any atom is 0.227 e. The Morgan fingerprint density at radius 3 is 2.94 bits per heavy atom. The molecule has 1 aromatic rings. The van der Waals surface area contributed by atoms with E-state index in [1.54, 1.807) is 18.2 Å². The summed E-state index contributed by atoms with van der Waals surface area (Å²) in [7, 11) is 0. The van der Waals surface area contributed by atoms with Crippen LogP contribution < -0.4 is 4.90 Å². The number of carbonyl (C=O) groups is 1. The zero-order valence-electron chi connectivity index (χ0n) is 8.42. The van der Waals surface area contributed by atoms with E-state index < -0.39 is 5.82 Å². The number of hydrogen-bond donors (Lipinski definition) is 0. The molecule has 0 radical (unpaired) electrons. The summed E-state index contributed by atoms with van der Waals surface area (Å²) in [5, 5.41) is 0. The smallest absolute Gasteiger partial charge is 0.227 e. The summed E-state index contributed by atoms with van der Waals surface area (Å²) >= 11 is 8.82. The number of amides is 1. The van der Waals surface area contributed by atoms with Crippen molar-refractivity contribution in [3.05, 3.63) is 28.5 Å². The van der Waals surface area contributed by atoms with Crippen LogP contribution in [0.3, 0.4) is 0 Å². The van der Waals surface area contributed by atoms with Gasteiger partial charge in [-0.2, -0.15) is 0 Å². The molecule has 16 heavy (non-hydrogen) atoms. The molecule has 1 heterocycles. The van der Waals surface area contributed by atoms with E-state index >= 15 is 0 Å². The molecule has 5 heteroatoms. The first-order valence-corrected chi connectivity index (χ1v) is 6.26. The second-order valence-electron chi connectivity index (χ2n) is 3.80. The van der Waals surface area contributed by atoms with Gasteiger partial charge in [0.05, 0.1) is 10.2 Å². The average molecular weight is 307 g/mol. The first-order chi connectivity index (χ1) is 7.63. The van der Waals surface area contributed by atoms with Gasteiger partial charge in [-0.1, -0.05) is 6.07 Å². The molecular weight excluding hydrogens is 296 g/mol. The summed E-state index contributed by atoms with van der Waals surface area (Å²) in [6, 6.07) is 4.93. The molecule has 0 aliphatic carbocycles. The van der Waals surface area contributed by atoms with E-state index in [4.69, 9.17) is 11.6 Å². The summed E-state index contributed by atoms with van der Waals surface area (Å²) in [5.74, 6) is 0.0824. The Kier molecular flexibility index (Phi) is 3.50. The van der Waals surface area contributed by atoms with Crippen molar-refractivity contribution in [2.75, 3.05) is 17.3 Å². The highest BCUT2D eigenvalue weighted by atomic mass is 79.9. The number of halogens is 3. The van der Waals surface area contributed by atoms with E-state index in [0.717, 1.165) is 0 Å². The summed E-state index contributed by atoms with van der Waals surface area (Å²) < 4.78 is 14.2. The number of carbonyl (C=O) groups excluding carboxylic acids is 1. The van der Waals surface area contributed by atoms with Crippen LogP contribution in [0.4, 0.5) is 10.1 Å². The van der Waals surface area contributed by atoms with Crippen molar-refractivity contribution in [1.82, 2.24) is 0 Å². The van der Waals surface area contributed by atoms with Gasteiger partial charge in [0.1, 0.15) is 0 Å². The molecule has 0 aromatic heterocycles. The molecule has 0 saturated carbocycles. The van der Waals surface area contributed by atoms with Gasteiger partial charge >= 0.3 is 0 Å². The third-order valence-electron chi connectivity index (χ3n) is 2.65. The normalized spacial score (nSPS) is 20.6. The zero-order chi connectivity index (χ0) is 11.7. The lowest BCUT2D eigenvalue weighted by Gasteiger charge is -2.17. The predicted octanol–water partition coefficient (Wildman–Crippen LogP) is 3.18. The largest absolute Gasteiger partial charge is 0.309 e. The summed E-state index contributed by atoms with van der Waals surface area (Å²) in [6.07, 6.45) is 0.398. The number of benzene rings is 1. The van der Waals surface area contributed by atoms with Crippen molar-refractivity contribution in [2.45, 2.75) is 6.42 Å². The number of nitrogens with zero attached hydrogens (tertiary/aromatic N) is 1. The summed E-state index contributed by atoms with van der Waals surface area (Å²) in [4.78, 5) is 13.2. The van der Waals surface area contributed by atoms with E-state index in [1.165, 1.54) is 4.90 Å². The fraction of sp³-hybridized carbons (Fsp3) is 0.364. The summed E-state index contributed by atoms with van der Waals surface area (Å²) in [6.45, 7) is 0.496. The lowest BCUT2D eigenvalue weighted by atomic mass is 10.1. The van der Waals surface area contributed by atoms with Gasteiger partial charge in [-0.3, -0.25) is 4.79 Å². The molecule has 86 valence electrons. The van der Waals surface area contributed by atoms with Crippen molar-refractivity contribution in [3.8, 4) is 0 Å². The second kappa shape index (κ2) is 4.72. The zero-order valence-corrected chi connectivity index (χ0v) is 10.8. The molecule has 0 bridgehead atoms. The van der Waals surface area contributed by atoms with E-state index in [-0.39, 0.29) is 11.8 Å². The van der Waals surface area contributed by atoms with Crippen LogP contribution in [0.15, 0.2) is 22.7 Å². The fourth-order valence-corrected chi connectivity index (χ4v) is 2.38. The highest BCUT2D eigenvalue weighted by molar-refractivity contribution is 9.10. The van der Waals surface area contributed by atoms with Crippen LogP contribution >= 0.6 is 27.5 Å². The molecule has 0 N–H and O–H groups in total. The molecule has 2 rings (SSSR count). The van der Waals surface area contributed by atoms with E-state index in [9.17, 15) is 9.18 Å². The Bertz CT molecular complexity index is 426. The quantitative estimate of drug-likeness (QED) is 0.769. The third-order valence-corrected chi connectivity index (χ3v) is 3.69. The van der Waals surface area contributed by atoms with Crippen LogP contribution in [0.25, 0.3) is 0 Å². The minimum atomic E-state index is -0.397. The lowest BCUT2D eigenvalue weighted by molar-refractivity contribution is -0.117. The van der Waals surface area contributed by atoms with Crippen molar-refractivity contribution < 1.29 is 9.18 Å². The monoisotopic (exact) mass is 305 g/mol. The number of alkyl halides is 1. The van der Waals surface area contributed by atoms with Gasteiger partial charge in [-0.15, -0.1) is 11.6 Å². The van der Waals surface area contributed by atoms with E-state index in [2.05, 4.69) is 15.9 Å². The van der Waals surface area contributed by atoms with Gasteiger partial charge in [0.25, 0.3) is 0 Å². The molecule has 0 spiro atoms. The van der Waals surface area contributed by atoms with E-state index in [0.29, 0.717) is 29.0 Å². The van der Waals surface area contributed by atoms with Crippen LogP contribution in [0.5, 0.6) is 0 Å². The van der Waals surface area contributed by atoms with Crippen LogP contribution in [0.2, 0.25) is 0 Å². The Balaban J connectivity index is 2.31. The Morgan fingerprint density at radius 1 is 1.56 bits per heavy atom. The first kappa shape index (κ1) is 11.9. The Labute approximate surface area is 107 Å². The molecule has 1 unspecified atom stereocenters. The SMILES string of the molecule is O=C1CC(CCl)CN1c1cccc(Br)c1F. The standard InChI is InChI=1S/C11H10BrClFNO/c12-8-2-1-3-9(11(8)14)15-6-7(5-13)4-10(15)16/h1-3,7H,4-6H2. The van der Waals surface area contributed by atoms with E-state index in [1.807, 2.05) is 0 Å². The molecular formula is C11H10BrClFNO. The number of rotatable bonds is 2. The van der Waals surface area contributed by atoms with Crippen LogP contribution in [-0.4, -0.2) is 18.3 Å². The van der Waals surface area contributed by atoms with Crippen LogP contribution in [0.1, 0.15) is 6.42 Å². The minimum Gasteiger partial charge on any atom is -0.309 e. The topological polar surface area (TPSA) is 20.3 Å². The molecule has 1 aliphatic rings. The van der Waals surface area contributed by atoms with Crippen molar-refractivity contribution in [1.29, 1.82) is 0 Å². The maximum atomic E-state index is 13.8. The van der Waals surface area contributed by atoms with Crippen LogP contribution in [0, 0.1) is 11.7 Å². The van der Waals surface area contributed by atoms with Gasteiger partial charge in [0.2, 0.25) is 5.91 Å². The average Bonchev–Trinajstić information content (AvgIpc) is 2.64. The van der Waals surface area contributed by atoms with Gasteiger partial charge in [-0.25, -0.2) is 4.39 Å². The van der Waals surface area contributed by atoms with Crippen LogP contribution in [-0.2, 0) is 4.79 Å². The maximum absolute atomic E-state index is 13.8. The number of hydrogen-bond acceptors (Lipinski definition) is 1. The Morgan fingerprint density at radius 2 is 2.31 bits per heavy atom. The molecule has 1 aliphatic heterocycles. The highest BCUT2D eigenvalue weighted by Gasteiger charge is 2.31. The Hall–Kier alpha value is -0.610. The second-order valence-corrected chi connectivity index (χ2v) is 4.96. The third kappa shape index (κ3) is 2.09. The van der Waals surface area contributed by atoms with Gasteiger partial charge in [-0.05, 0) is 34.0 Å². The van der Waals surface area contributed by atoms with Crippen molar-refractivity contribution >= 4 is 39.1 Å². The lowest BCUT2D eigenvalue weighted by Crippen LogP contribution is -2.25.